The fourth-order valence-electron chi connectivity index (χ4n) is 4.56. The van der Waals surface area contributed by atoms with Gasteiger partial charge in [-0.25, -0.2) is 4.98 Å². The highest BCUT2D eigenvalue weighted by Crippen LogP contribution is 2.42. The number of rotatable bonds is 4. The first-order valence-corrected chi connectivity index (χ1v) is 9.86. The van der Waals surface area contributed by atoms with E-state index < -0.39 is 0 Å². The maximum Gasteiger partial charge on any atom is 0.292 e. The normalized spacial score (nSPS) is 22.9. The van der Waals surface area contributed by atoms with E-state index in [1.54, 1.807) is 21.7 Å². The van der Waals surface area contributed by atoms with Gasteiger partial charge in [-0.3, -0.25) is 24.0 Å². The molecule has 12 nitrogen and oxygen atoms in total. The summed E-state index contributed by atoms with van der Waals surface area (Å²) in [6.45, 7) is 5.16. The lowest BCUT2D eigenvalue weighted by molar-refractivity contribution is -0.122. The molecule has 2 aliphatic rings. The largest absolute Gasteiger partial charge is 0.483 e. The van der Waals surface area contributed by atoms with Crippen molar-refractivity contribution in [1.29, 1.82) is 0 Å². The fourth-order valence-corrected chi connectivity index (χ4v) is 4.56. The van der Waals surface area contributed by atoms with Crippen molar-refractivity contribution in [3.05, 3.63) is 41.7 Å². The smallest absolute Gasteiger partial charge is 0.292 e. The molecule has 0 spiro atoms. The number of aromatic amines is 1. The summed E-state index contributed by atoms with van der Waals surface area (Å²) in [6, 6.07) is 3.79. The highest BCUT2D eigenvalue weighted by molar-refractivity contribution is 5.91. The van der Waals surface area contributed by atoms with E-state index in [2.05, 4.69) is 30.3 Å². The summed E-state index contributed by atoms with van der Waals surface area (Å²) in [5, 5.41) is 32.1. The summed E-state index contributed by atoms with van der Waals surface area (Å²) < 4.78 is 1.62. The number of aliphatic hydroxyl groups is 1. The maximum atomic E-state index is 13.1. The summed E-state index contributed by atoms with van der Waals surface area (Å²) in [5.41, 5.74) is 1.58. The number of carbonyl (C=O) groups excluding carboxylic acids is 1. The van der Waals surface area contributed by atoms with Gasteiger partial charge in [-0.15, -0.1) is 10.2 Å². The molecule has 5 rings (SSSR count). The molecule has 3 aromatic rings. The monoisotopic (exact) mass is 428 g/mol. The Morgan fingerprint density at radius 1 is 1.32 bits per heavy atom. The van der Waals surface area contributed by atoms with Crippen LogP contribution in [0.2, 0.25) is 0 Å². The van der Waals surface area contributed by atoms with E-state index in [4.69, 9.17) is 9.90 Å². The second-order valence-electron chi connectivity index (χ2n) is 8.02. The molecule has 31 heavy (non-hydrogen) atoms. The molecule has 3 aromatic heterocycles. The predicted molar refractivity (Wildman–Crippen MR) is 107 cm³/mol. The standard InChI is InChI=1S/C18H22N8O2.CH2O2/c1-12-3-5-26-15(22-23-17(26)20-12)16(28)25-7-13-6-24(8-14-2-4-19-21-14)9-18(13,10-25)11-27;2-1-3/h2-5,13,27H,6-11H2,1H3,(H,19,21);1H,(H,2,3). The Hall–Kier alpha value is -3.38. The predicted octanol–water partition coefficient (Wildman–Crippen LogP) is -0.577. The number of aryl methyl sites for hydroxylation is 1. The minimum atomic E-state index is -0.301. The molecule has 5 heterocycles. The average Bonchev–Trinajstić information content (AvgIpc) is 3.50. The van der Waals surface area contributed by atoms with Gasteiger partial charge in [-0.2, -0.15) is 5.10 Å². The van der Waals surface area contributed by atoms with Gasteiger partial charge in [0.2, 0.25) is 5.82 Å². The van der Waals surface area contributed by atoms with E-state index in [1.165, 1.54) is 0 Å². The van der Waals surface area contributed by atoms with Crippen molar-refractivity contribution < 1.29 is 19.8 Å². The van der Waals surface area contributed by atoms with Gasteiger partial charge in [-0.1, -0.05) is 0 Å². The van der Waals surface area contributed by atoms with Crippen LogP contribution in [0, 0.1) is 18.3 Å². The number of nitrogens with zero attached hydrogens (tertiary/aromatic N) is 7. The number of hydrogen-bond donors (Lipinski definition) is 3. The van der Waals surface area contributed by atoms with Crippen molar-refractivity contribution in [2.24, 2.45) is 11.3 Å². The van der Waals surface area contributed by atoms with Gasteiger partial charge < -0.3 is 15.1 Å². The SMILES string of the molecule is Cc1ccn2c(C(=O)N3CC4CN(Cc5ccn[nH]5)CC4(CO)C3)nnc2n1.O=CO. The first-order valence-electron chi connectivity index (χ1n) is 9.86. The Morgan fingerprint density at radius 3 is 2.81 bits per heavy atom. The molecular weight excluding hydrogens is 404 g/mol. The van der Waals surface area contributed by atoms with E-state index >= 15 is 0 Å². The summed E-state index contributed by atoms with van der Waals surface area (Å²) >= 11 is 0. The van der Waals surface area contributed by atoms with Crippen LogP contribution >= 0.6 is 0 Å². The minimum absolute atomic E-state index is 0.0578. The minimum Gasteiger partial charge on any atom is -0.483 e. The molecule has 0 radical (unpaired) electrons. The van der Waals surface area contributed by atoms with Gasteiger partial charge in [0.15, 0.2) is 0 Å². The van der Waals surface area contributed by atoms with Crippen LogP contribution in [0.3, 0.4) is 0 Å². The molecule has 164 valence electrons. The zero-order valence-electron chi connectivity index (χ0n) is 17.0. The zero-order valence-corrected chi connectivity index (χ0v) is 17.0. The Bertz CT molecular complexity index is 1070. The molecule has 2 atom stereocenters. The summed E-state index contributed by atoms with van der Waals surface area (Å²) in [5.74, 6) is 0.750. The molecule has 2 unspecified atom stereocenters. The van der Waals surface area contributed by atoms with E-state index in [-0.39, 0.29) is 36.1 Å². The first-order chi connectivity index (χ1) is 15.0. The van der Waals surface area contributed by atoms with Crippen LogP contribution in [-0.2, 0) is 11.3 Å². The van der Waals surface area contributed by atoms with Crippen molar-refractivity contribution in [1.82, 2.24) is 39.6 Å². The molecule has 2 saturated heterocycles. The van der Waals surface area contributed by atoms with Crippen LogP contribution in [0.15, 0.2) is 24.5 Å². The van der Waals surface area contributed by atoms with Gasteiger partial charge in [0.05, 0.1) is 6.61 Å². The third kappa shape index (κ3) is 3.86. The Labute approximate surface area is 177 Å². The highest BCUT2D eigenvalue weighted by Gasteiger charge is 2.53. The fraction of sp³-hybridized carbons (Fsp3) is 0.474. The Kier molecular flexibility index (Phi) is 5.65. The third-order valence-corrected chi connectivity index (χ3v) is 5.99. The molecule has 2 aliphatic heterocycles. The molecule has 0 saturated carbocycles. The molecule has 0 aliphatic carbocycles. The van der Waals surface area contributed by atoms with Crippen LogP contribution in [0.25, 0.3) is 5.78 Å². The van der Waals surface area contributed by atoms with Crippen LogP contribution in [0.1, 0.15) is 22.0 Å². The van der Waals surface area contributed by atoms with Gasteiger partial charge in [0, 0.05) is 61.9 Å². The number of nitrogens with one attached hydrogen (secondary N) is 1. The number of H-pyrrole nitrogens is 1. The van der Waals surface area contributed by atoms with Crippen LogP contribution in [-0.4, -0.2) is 95.0 Å². The maximum absolute atomic E-state index is 13.1. The van der Waals surface area contributed by atoms with Crippen molar-refractivity contribution in [2.75, 3.05) is 32.8 Å². The molecule has 2 fully saturated rings. The van der Waals surface area contributed by atoms with E-state index in [9.17, 15) is 9.90 Å². The molecule has 12 heteroatoms. The second-order valence-corrected chi connectivity index (χ2v) is 8.02. The summed E-state index contributed by atoms with van der Waals surface area (Å²) in [6.07, 6.45) is 3.52. The molecular formula is C19H24N8O4. The van der Waals surface area contributed by atoms with E-state index in [0.717, 1.165) is 31.0 Å². The first kappa shape index (κ1) is 20.9. The number of amides is 1. The average molecular weight is 428 g/mol. The third-order valence-electron chi connectivity index (χ3n) is 5.99. The van der Waals surface area contributed by atoms with Crippen LogP contribution < -0.4 is 0 Å². The molecule has 0 aromatic carbocycles. The lowest BCUT2D eigenvalue weighted by Gasteiger charge is -2.27. The number of carbonyl (C=O) groups is 2. The van der Waals surface area contributed by atoms with Gasteiger partial charge in [0.1, 0.15) is 0 Å². The number of hydrogen-bond acceptors (Lipinski definition) is 8. The summed E-state index contributed by atoms with van der Waals surface area (Å²) in [4.78, 5) is 29.9. The number of aromatic nitrogens is 6. The van der Waals surface area contributed by atoms with Crippen molar-refractivity contribution in [3.8, 4) is 0 Å². The number of carboxylic acid groups (broad SMARTS) is 1. The topological polar surface area (TPSA) is 153 Å². The number of fused-ring (bicyclic) bond motifs is 2. The van der Waals surface area contributed by atoms with E-state index in [0.29, 0.717) is 18.9 Å². The molecule has 1 amide bonds. The van der Waals surface area contributed by atoms with Gasteiger partial charge >= 0.3 is 0 Å². The van der Waals surface area contributed by atoms with Crippen LogP contribution in [0.5, 0.6) is 0 Å². The van der Waals surface area contributed by atoms with E-state index in [1.807, 2.05) is 19.1 Å². The van der Waals surface area contributed by atoms with Gasteiger partial charge in [-0.05, 0) is 25.0 Å². The second kappa shape index (κ2) is 8.40. The van der Waals surface area contributed by atoms with Crippen molar-refractivity contribution >= 4 is 18.2 Å². The molecule has 0 bridgehead atoms. The zero-order chi connectivity index (χ0) is 22.0. The Morgan fingerprint density at radius 2 is 2.13 bits per heavy atom. The summed E-state index contributed by atoms with van der Waals surface area (Å²) in [7, 11) is 0. The van der Waals surface area contributed by atoms with Crippen molar-refractivity contribution in [3.63, 3.8) is 0 Å². The van der Waals surface area contributed by atoms with Gasteiger partial charge in [0.25, 0.3) is 18.2 Å². The quantitative estimate of drug-likeness (QED) is 0.463. The Balaban J connectivity index is 0.000000730. The molecule has 3 N–H and O–H groups in total. The number of likely N-dealkylation sites (tertiary alicyclic amines) is 2. The lowest BCUT2D eigenvalue weighted by atomic mass is 9.82. The number of aliphatic hydroxyl groups excluding tert-OH is 1. The van der Waals surface area contributed by atoms with Crippen molar-refractivity contribution in [2.45, 2.75) is 13.5 Å². The lowest BCUT2D eigenvalue weighted by Crippen LogP contribution is -2.39. The van der Waals surface area contributed by atoms with Crippen LogP contribution in [0.4, 0.5) is 0 Å². The highest BCUT2D eigenvalue weighted by atomic mass is 16.3.